The third-order valence-corrected chi connectivity index (χ3v) is 3.58. The highest BCUT2D eigenvalue weighted by Crippen LogP contribution is 2.44. The molecule has 1 atom stereocenters. The van der Waals surface area contributed by atoms with E-state index in [9.17, 15) is 9.90 Å². The number of carbonyl (C=O) groups is 1. The summed E-state index contributed by atoms with van der Waals surface area (Å²) in [4.78, 5) is 11.5. The molecule has 1 aromatic rings. The fourth-order valence-corrected chi connectivity index (χ4v) is 2.91. The van der Waals surface area contributed by atoms with Gasteiger partial charge in [0.25, 0.3) is 0 Å². The third kappa shape index (κ3) is 1.62. The van der Waals surface area contributed by atoms with Gasteiger partial charge in [0.15, 0.2) is 0 Å². The Morgan fingerprint density at radius 2 is 2.12 bits per heavy atom. The normalized spacial score (nSPS) is 27.3. The van der Waals surface area contributed by atoms with Crippen LogP contribution in [0.2, 0.25) is 0 Å². The van der Waals surface area contributed by atoms with Crippen LogP contribution in [-0.4, -0.2) is 11.1 Å². The second kappa shape index (κ2) is 3.62. The summed E-state index contributed by atoms with van der Waals surface area (Å²) in [5, 5.41) is 9.68. The van der Waals surface area contributed by atoms with Crippen LogP contribution in [0.15, 0.2) is 36.1 Å². The second-order valence-corrected chi connectivity index (χ2v) is 4.74. The minimum Gasteiger partial charge on any atom is -0.512 e. The Morgan fingerprint density at radius 3 is 2.94 bits per heavy atom. The van der Waals surface area contributed by atoms with Crippen molar-refractivity contribution in [1.29, 1.82) is 0 Å². The van der Waals surface area contributed by atoms with E-state index in [0.717, 1.165) is 24.8 Å². The Balaban J connectivity index is 2.10. The Kier molecular flexibility index (Phi) is 2.21. The van der Waals surface area contributed by atoms with Gasteiger partial charge in [-0.1, -0.05) is 24.3 Å². The zero-order valence-electron chi connectivity index (χ0n) is 9.48. The van der Waals surface area contributed by atoms with Crippen LogP contribution in [0.4, 0.5) is 0 Å². The van der Waals surface area contributed by atoms with Crippen molar-refractivity contribution in [2.75, 3.05) is 0 Å². The van der Waals surface area contributed by atoms with Crippen molar-refractivity contribution in [2.45, 2.75) is 31.3 Å². The van der Waals surface area contributed by atoms with Gasteiger partial charge in [-0.2, -0.15) is 0 Å². The zero-order valence-corrected chi connectivity index (χ0v) is 9.48. The van der Waals surface area contributed by atoms with Crippen LogP contribution in [-0.2, 0) is 21.6 Å². The number of carbonyl (C=O) groups excluding carboxylic acids is 1. The Morgan fingerprint density at radius 1 is 1.29 bits per heavy atom. The number of benzene rings is 1. The minimum absolute atomic E-state index is 0.123. The van der Waals surface area contributed by atoms with E-state index < -0.39 is 11.6 Å². The van der Waals surface area contributed by atoms with E-state index in [1.54, 1.807) is 0 Å². The van der Waals surface area contributed by atoms with Crippen LogP contribution in [0.1, 0.15) is 30.4 Å². The highest BCUT2D eigenvalue weighted by molar-refractivity contribution is 5.84. The SMILES string of the molecule is O=C1C=C(O)C[C@]2(CCCc3ccccc32)O1. The number of rotatable bonds is 0. The number of aliphatic hydroxyl groups is 1. The molecule has 1 spiro atoms. The molecule has 1 aromatic carbocycles. The molecule has 0 fully saturated rings. The van der Waals surface area contributed by atoms with Crippen LogP contribution in [0.5, 0.6) is 0 Å². The molecule has 0 saturated heterocycles. The standard InChI is InChI=1S/C14H14O3/c15-11-8-13(16)17-14(9-11)7-3-5-10-4-1-2-6-12(10)14/h1-2,4,6,8,15H,3,5,7,9H2/t14-/m0/s1. The first kappa shape index (κ1) is 10.4. The maximum atomic E-state index is 11.5. The molecule has 3 nitrogen and oxygen atoms in total. The van der Waals surface area contributed by atoms with Crippen LogP contribution >= 0.6 is 0 Å². The summed E-state index contributed by atoms with van der Waals surface area (Å²) in [7, 11) is 0. The highest BCUT2D eigenvalue weighted by atomic mass is 16.6. The topological polar surface area (TPSA) is 46.5 Å². The molecular formula is C14H14O3. The molecule has 17 heavy (non-hydrogen) atoms. The predicted octanol–water partition coefficient (Wildman–Crippen LogP) is 2.61. The van der Waals surface area contributed by atoms with Gasteiger partial charge < -0.3 is 9.84 Å². The van der Waals surface area contributed by atoms with Crippen LogP contribution in [0.3, 0.4) is 0 Å². The molecule has 0 amide bonds. The van der Waals surface area contributed by atoms with Crippen molar-refractivity contribution >= 4 is 5.97 Å². The molecule has 2 aliphatic rings. The summed E-state index contributed by atoms with van der Waals surface area (Å²) in [6, 6.07) is 8.02. The molecule has 1 heterocycles. The van der Waals surface area contributed by atoms with Gasteiger partial charge in [-0.3, -0.25) is 0 Å². The van der Waals surface area contributed by atoms with E-state index in [0.29, 0.717) is 6.42 Å². The van der Waals surface area contributed by atoms with Gasteiger partial charge in [-0.05, 0) is 30.4 Å². The van der Waals surface area contributed by atoms with E-state index in [4.69, 9.17) is 4.74 Å². The van der Waals surface area contributed by atoms with Crippen molar-refractivity contribution in [1.82, 2.24) is 0 Å². The summed E-state index contributed by atoms with van der Waals surface area (Å²) >= 11 is 0. The first-order valence-electron chi connectivity index (χ1n) is 5.90. The van der Waals surface area contributed by atoms with Crippen molar-refractivity contribution in [3.8, 4) is 0 Å². The number of aliphatic hydroxyl groups excluding tert-OH is 1. The van der Waals surface area contributed by atoms with Gasteiger partial charge in [-0.15, -0.1) is 0 Å². The molecule has 0 bridgehead atoms. The number of fused-ring (bicyclic) bond motifs is 2. The molecule has 0 unspecified atom stereocenters. The Bertz CT molecular complexity index is 504. The number of hydrogen-bond donors (Lipinski definition) is 1. The molecule has 1 N–H and O–H groups in total. The van der Waals surface area contributed by atoms with Crippen molar-refractivity contribution in [2.24, 2.45) is 0 Å². The second-order valence-electron chi connectivity index (χ2n) is 4.74. The van der Waals surface area contributed by atoms with Gasteiger partial charge >= 0.3 is 5.97 Å². The van der Waals surface area contributed by atoms with E-state index in [1.807, 2.05) is 18.2 Å². The minimum atomic E-state index is -0.634. The molecule has 0 saturated carbocycles. The van der Waals surface area contributed by atoms with Gasteiger partial charge in [0.05, 0.1) is 6.08 Å². The quantitative estimate of drug-likeness (QED) is 0.697. The highest BCUT2D eigenvalue weighted by Gasteiger charge is 2.42. The maximum Gasteiger partial charge on any atom is 0.335 e. The molecule has 0 radical (unpaired) electrons. The summed E-state index contributed by atoms with van der Waals surface area (Å²) in [6.07, 6.45) is 4.35. The van der Waals surface area contributed by atoms with Gasteiger partial charge in [0.1, 0.15) is 11.4 Å². The summed E-state index contributed by atoms with van der Waals surface area (Å²) in [5.74, 6) is -0.316. The Labute approximate surface area is 99.7 Å². The van der Waals surface area contributed by atoms with Crippen molar-refractivity contribution in [3.63, 3.8) is 0 Å². The summed E-state index contributed by atoms with van der Waals surface area (Å²) in [6.45, 7) is 0. The lowest BCUT2D eigenvalue weighted by molar-refractivity contribution is -0.160. The first-order chi connectivity index (χ1) is 8.20. The van der Waals surface area contributed by atoms with Gasteiger partial charge in [0, 0.05) is 6.42 Å². The lowest BCUT2D eigenvalue weighted by atomic mass is 9.76. The van der Waals surface area contributed by atoms with Crippen LogP contribution in [0, 0.1) is 0 Å². The van der Waals surface area contributed by atoms with Crippen molar-refractivity contribution in [3.05, 3.63) is 47.2 Å². The molecule has 3 rings (SSSR count). The molecular weight excluding hydrogens is 216 g/mol. The zero-order chi connectivity index (χ0) is 11.9. The fraction of sp³-hybridized carbons (Fsp3) is 0.357. The Hall–Kier alpha value is -1.77. The predicted molar refractivity (Wildman–Crippen MR) is 62.5 cm³/mol. The van der Waals surface area contributed by atoms with E-state index in [-0.39, 0.29) is 5.76 Å². The molecule has 0 aromatic heterocycles. The number of esters is 1. The number of hydrogen-bond acceptors (Lipinski definition) is 3. The lowest BCUT2D eigenvalue weighted by Gasteiger charge is -2.39. The van der Waals surface area contributed by atoms with E-state index >= 15 is 0 Å². The fourth-order valence-electron chi connectivity index (χ4n) is 2.91. The van der Waals surface area contributed by atoms with Crippen LogP contribution in [0.25, 0.3) is 0 Å². The molecule has 1 aliphatic carbocycles. The van der Waals surface area contributed by atoms with Gasteiger partial charge in [-0.25, -0.2) is 4.79 Å². The van der Waals surface area contributed by atoms with Crippen molar-refractivity contribution < 1.29 is 14.6 Å². The third-order valence-electron chi connectivity index (χ3n) is 3.58. The number of ether oxygens (including phenoxy) is 1. The molecule has 1 aliphatic heterocycles. The monoisotopic (exact) mass is 230 g/mol. The van der Waals surface area contributed by atoms with E-state index in [2.05, 4.69) is 6.07 Å². The number of aryl methyl sites for hydroxylation is 1. The first-order valence-corrected chi connectivity index (χ1v) is 5.90. The molecule has 3 heteroatoms. The van der Waals surface area contributed by atoms with Crippen LogP contribution < -0.4 is 0 Å². The largest absolute Gasteiger partial charge is 0.512 e. The maximum absolute atomic E-state index is 11.5. The molecule has 88 valence electrons. The average molecular weight is 230 g/mol. The summed E-state index contributed by atoms with van der Waals surface area (Å²) < 4.78 is 5.54. The summed E-state index contributed by atoms with van der Waals surface area (Å²) in [5.41, 5.74) is 1.64. The average Bonchev–Trinajstić information content (AvgIpc) is 2.28. The van der Waals surface area contributed by atoms with Gasteiger partial charge in [0.2, 0.25) is 0 Å². The smallest absolute Gasteiger partial charge is 0.335 e. The lowest BCUT2D eigenvalue weighted by Crippen LogP contribution is -2.38. The van der Waals surface area contributed by atoms with E-state index in [1.165, 1.54) is 11.6 Å².